The van der Waals surface area contributed by atoms with Crippen molar-refractivity contribution in [1.82, 2.24) is 9.97 Å². The van der Waals surface area contributed by atoms with Gasteiger partial charge in [0.1, 0.15) is 5.75 Å². The molecule has 1 aromatic heterocycles. The summed E-state index contributed by atoms with van der Waals surface area (Å²) in [4.78, 5) is 21.1. The van der Waals surface area contributed by atoms with E-state index in [-0.39, 0.29) is 5.97 Å². The number of nitrogens with zero attached hydrogens (tertiary/aromatic N) is 2. The molecule has 0 N–H and O–H groups in total. The molecule has 2 aromatic rings. The van der Waals surface area contributed by atoms with E-state index in [1.165, 1.54) is 76.2 Å². The minimum atomic E-state index is -0.154. The van der Waals surface area contributed by atoms with Crippen molar-refractivity contribution < 1.29 is 9.53 Å². The second kappa shape index (κ2) is 16.4. The van der Waals surface area contributed by atoms with Crippen molar-refractivity contribution in [3.05, 3.63) is 42.2 Å². The molecule has 0 radical (unpaired) electrons. The van der Waals surface area contributed by atoms with Crippen LogP contribution in [0.3, 0.4) is 0 Å². The number of carbonyl (C=O) groups excluding carboxylic acids is 1. The van der Waals surface area contributed by atoms with Crippen LogP contribution in [0.25, 0.3) is 11.4 Å². The molecule has 1 aromatic carbocycles. The van der Waals surface area contributed by atoms with Crippen molar-refractivity contribution in [3.8, 4) is 17.1 Å². The maximum Gasteiger partial charge on any atom is 0.311 e. The van der Waals surface area contributed by atoms with E-state index in [9.17, 15) is 4.79 Å². The molecule has 2 rings (SSSR count). The van der Waals surface area contributed by atoms with Gasteiger partial charge in [0.25, 0.3) is 0 Å². The molecule has 0 fully saturated rings. The Hall–Kier alpha value is -2.23. The lowest BCUT2D eigenvalue weighted by atomic mass is 10.1. The molecule has 0 spiro atoms. The number of rotatable bonds is 17. The van der Waals surface area contributed by atoms with Crippen molar-refractivity contribution >= 4 is 5.97 Å². The Morgan fingerprint density at radius 1 is 0.719 bits per heavy atom. The number of unbranched alkanes of at least 4 members (excludes halogenated alkanes) is 11. The summed E-state index contributed by atoms with van der Waals surface area (Å²) in [7, 11) is 0. The summed E-state index contributed by atoms with van der Waals surface area (Å²) in [5, 5.41) is 0. The van der Waals surface area contributed by atoms with E-state index >= 15 is 0 Å². The molecule has 4 nitrogen and oxygen atoms in total. The fourth-order valence-electron chi connectivity index (χ4n) is 3.82. The third-order valence-electron chi connectivity index (χ3n) is 5.85. The lowest BCUT2D eigenvalue weighted by Crippen LogP contribution is -2.07. The van der Waals surface area contributed by atoms with Crippen LogP contribution in [0.5, 0.6) is 5.75 Å². The molecule has 1 heterocycles. The Morgan fingerprint density at radius 3 is 1.84 bits per heavy atom. The monoisotopic (exact) mass is 438 g/mol. The van der Waals surface area contributed by atoms with Crippen LogP contribution in [-0.2, 0) is 11.2 Å². The minimum Gasteiger partial charge on any atom is -0.427 e. The van der Waals surface area contributed by atoms with Crippen LogP contribution >= 0.6 is 0 Å². The first kappa shape index (κ1) is 26.0. The molecule has 0 unspecified atom stereocenters. The average molecular weight is 439 g/mol. The van der Waals surface area contributed by atoms with E-state index in [2.05, 4.69) is 23.8 Å². The zero-order chi connectivity index (χ0) is 22.9. The van der Waals surface area contributed by atoms with E-state index < -0.39 is 0 Å². The van der Waals surface area contributed by atoms with Gasteiger partial charge in [-0.1, -0.05) is 84.5 Å². The van der Waals surface area contributed by atoms with Gasteiger partial charge in [0.15, 0.2) is 5.82 Å². The first-order chi connectivity index (χ1) is 15.7. The van der Waals surface area contributed by atoms with Gasteiger partial charge in [-0.2, -0.15) is 0 Å². The Morgan fingerprint density at radius 2 is 1.25 bits per heavy atom. The number of hydrogen-bond donors (Lipinski definition) is 0. The van der Waals surface area contributed by atoms with E-state index in [0.717, 1.165) is 24.8 Å². The van der Waals surface area contributed by atoms with Crippen LogP contribution in [0.15, 0.2) is 36.7 Å². The van der Waals surface area contributed by atoms with Crippen LogP contribution < -0.4 is 4.74 Å². The molecule has 176 valence electrons. The number of aryl methyl sites for hydroxylation is 1. The maximum atomic E-state index is 12.0. The van der Waals surface area contributed by atoms with Gasteiger partial charge in [-0.15, -0.1) is 0 Å². The summed E-state index contributed by atoms with van der Waals surface area (Å²) in [6, 6.07) is 7.48. The summed E-state index contributed by atoms with van der Waals surface area (Å²) < 4.78 is 5.46. The zero-order valence-corrected chi connectivity index (χ0v) is 20.3. The van der Waals surface area contributed by atoms with Gasteiger partial charge in [-0.3, -0.25) is 4.79 Å². The van der Waals surface area contributed by atoms with E-state index in [1.54, 1.807) is 0 Å². The number of benzene rings is 1. The Kier molecular flexibility index (Phi) is 13.3. The standard InChI is InChI=1S/C28H42N2O2/c1-3-5-7-9-11-12-14-16-24-22-29-28(30-23-24)25-18-20-26(21-19-25)32-27(31)17-15-13-10-8-6-4-2/h18-23H,3-17H2,1-2H3. The van der Waals surface area contributed by atoms with Gasteiger partial charge in [0, 0.05) is 24.4 Å². The zero-order valence-electron chi connectivity index (χ0n) is 20.3. The molecule has 0 aliphatic heterocycles. The summed E-state index contributed by atoms with van der Waals surface area (Å²) in [5.74, 6) is 1.14. The van der Waals surface area contributed by atoms with Crippen molar-refractivity contribution in [1.29, 1.82) is 0 Å². The average Bonchev–Trinajstić information content (AvgIpc) is 2.82. The largest absolute Gasteiger partial charge is 0.427 e. The van der Waals surface area contributed by atoms with Crippen molar-refractivity contribution in [2.75, 3.05) is 0 Å². The van der Waals surface area contributed by atoms with Gasteiger partial charge >= 0.3 is 5.97 Å². The van der Waals surface area contributed by atoms with Gasteiger partial charge in [-0.25, -0.2) is 9.97 Å². The van der Waals surface area contributed by atoms with Crippen LogP contribution in [0.2, 0.25) is 0 Å². The molecule has 0 saturated heterocycles. The highest BCUT2D eigenvalue weighted by atomic mass is 16.5. The molecule has 0 atom stereocenters. The predicted octanol–water partition coefficient (Wildman–Crippen LogP) is 8.09. The lowest BCUT2D eigenvalue weighted by Gasteiger charge is -2.06. The van der Waals surface area contributed by atoms with Crippen LogP contribution in [-0.4, -0.2) is 15.9 Å². The number of aromatic nitrogens is 2. The fourth-order valence-corrected chi connectivity index (χ4v) is 3.82. The first-order valence-corrected chi connectivity index (χ1v) is 12.8. The third kappa shape index (κ3) is 10.9. The number of esters is 1. The van der Waals surface area contributed by atoms with E-state index in [1.807, 2.05) is 36.7 Å². The SMILES string of the molecule is CCCCCCCCCc1cnc(-c2ccc(OC(=O)CCCCCCCC)cc2)nc1. The number of carbonyl (C=O) groups is 1. The lowest BCUT2D eigenvalue weighted by molar-refractivity contribution is -0.134. The van der Waals surface area contributed by atoms with Gasteiger partial charge in [0.05, 0.1) is 0 Å². The number of ether oxygens (including phenoxy) is 1. The second-order valence-corrected chi connectivity index (χ2v) is 8.80. The molecule has 0 aliphatic carbocycles. The number of hydrogen-bond acceptors (Lipinski definition) is 4. The van der Waals surface area contributed by atoms with Gasteiger partial charge < -0.3 is 4.74 Å². The Balaban J connectivity index is 1.69. The normalized spacial score (nSPS) is 10.9. The molecule has 32 heavy (non-hydrogen) atoms. The van der Waals surface area contributed by atoms with Gasteiger partial charge in [-0.05, 0) is 49.1 Å². The molecule has 0 bridgehead atoms. The van der Waals surface area contributed by atoms with Crippen LogP contribution in [0.4, 0.5) is 0 Å². The maximum absolute atomic E-state index is 12.0. The summed E-state index contributed by atoms with van der Waals surface area (Å²) >= 11 is 0. The van der Waals surface area contributed by atoms with E-state index in [4.69, 9.17) is 4.74 Å². The van der Waals surface area contributed by atoms with Crippen molar-refractivity contribution in [2.24, 2.45) is 0 Å². The van der Waals surface area contributed by atoms with E-state index in [0.29, 0.717) is 18.0 Å². The second-order valence-electron chi connectivity index (χ2n) is 8.80. The summed E-state index contributed by atoms with van der Waals surface area (Å²) in [6.07, 6.45) is 21.6. The van der Waals surface area contributed by atoms with Crippen LogP contribution in [0, 0.1) is 0 Å². The molecular formula is C28H42N2O2. The molecule has 0 amide bonds. The summed E-state index contributed by atoms with van der Waals surface area (Å²) in [6.45, 7) is 4.46. The Bertz CT molecular complexity index is 741. The summed E-state index contributed by atoms with van der Waals surface area (Å²) in [5.41, 5.74) is 2.13. The molecule has 0 aliphatic rings. The highest BCUT2D eigenvalue weighted by Gasteiger charge is 2.07. The Labute approximate surface area is 195 Å². The fraction of sp³-hybridized carbons (Fsp3) is 0.607. The predicted molar refractivity (Wildman–Crippen MR) is 133 cm³/mol. The smallest absolute Gasteiger partial charge is 0.311 e. The molecule has 4 heteroatoms. The van der Waals surface area contributed by atoms with Gasteiger partial charge in [0.2, 0.25) is 0 Å². The topological polar surface area (TPSA) is 52.1 Å². The third-order valence-corrected chi connectivity index (χ3v) is 5.85. The van der Waals surface area contributed by atoms with Crippen LogP contribution in [0.1, 0.15) is 109 Å². The quantitative estimate of drug-likeness (QED) is 0.142. The highest BCUT2D eigenvalue weighted by Crippen LogP contribution is 2.20. The highest BCUT2D eigenvalue weighted by molar-refractivity contribution is 5.72. The first-order valence-electron chi connectivity index (χ1n) is 12.8. The van der Waals surface area contributed by atoms with Crippen molar-refractivity contribution in [2.45, 2.75) is 110 Å². The molecular weight excluding hydrogens is 396 g/mol. The van der Waals surface area contributed by atoms with Crippen molar-refractivity contribution in [3.63, 3.8) is 0 Å². The minimum absolute atomic E-state index is 0.154. The molecule has 0 saturated carbocycles.